The molecular formula is C22H31FNO4P. The maximum Gasteiger partial charge on any atom is 0.188 e. The van der Waals surface area contributed by atoms with Crippen molar-refractivity contribution >= 4 is 13.9 Å². The first kappa shape index (κ1) is 23.4. The van der Waals surface area contributed by atoms with Crippen molar-refractivity contribution in [3.8, 4) is 17.2 Å². The summed E-state index contributed by atoms with van der Waals surface area (Å²) in [5.41, 5.74) is 1.94. The highest BCUT2D eigenvalue weighted by atomic mass is 31.1. The van der Waals surface area contributed by atoms with Crippen LogP contribution in [0.4, 0.5) is 4.39 Å². The summed E-state index contributed by atoms with van der Waals surface area (Å²) < 4.78 is 35.9. The molecule has 2 unspecified atom stereocenters. The molecule has 29 heavy (non-hydrogen) atoms. The molecule has 2 aromatic carbocycles. The molecule has 0 fully saturated rings. The molecule has 2 rings (SSSR count). The number of rotatable bonds is 11. The predicted octanol–water partition coefficient (Wildman–Crippen LogP) is 4.17. The van der Waals surface area contributed by atoms with Gasteiger partial charge in [-0.05, 0) is 42.5 Å². The summed E-state index contributed by atoms with van der Waals surface area (Å²) in [7, 11) is 7.07. The zero-order chi connectivity index (χ0) is 21.4. The maximum atomic E-state index is 13.8. The van der Waals surface area contributed by atoms with Crippen LogP contribution in [0.1, 0.15) is 31.4 Å². The third-order valence-electron chi connectivity index (χ3n) is 4.95. The molecule has 5 nitrogen and oxygen atoms in total. The minimum absolute atomic E-state index is 0.111. The summed E-state index contributed by atoms with van der Waals surface area (Å²) in [4.78, 5) is 0. The fourth-order valence-corrected chi connectivity index (χ4v) is 4.77. The lowest BCUT2D eigenvalue weighted by molar-refractivity contribution is 0.0479. The standard InChI is InChI=1S/C22H31FNO4P/c1-7-22(2,29-20-9-8-16(23)10-15(20)13-24-3)18-11-17(26-5)12-19(27-6)21(18)28-14-25-4/h8-12,24,29H,7,13-14H2,1-6H3. The summed E-state index contributed by atoms with van der Waals surface area (Å²) in [6.07, 6.45) is 0.849. The Bertz CT molecular complexity index is 818. The van der Waals surface area contributed by atoms with E-state index in [1.54, 1.807) is 33.5 Å². The van der Waals surface area contributed by atoms with E-state index in [0.29, 0.717) is 32.4 Å². The van der Waals surface area contributed by atoms with Gasteiger partial charge < -0.3 is 24.3 Å². The lowest BCUT2D eigenvalue weighted by Gasteiger charge is -2.32. The second-order valence-corrected chi connectivity index (χ2v) is 8.79. The van der Waals surface area contributed by atoms with Crippen molar-refractivity contribution in [1.29, 1.82) is 0 Å². The average molecular weight is 423 g/mol. The number of hydrogen-bond acceptors (Lipinski definition) is 5. The predicted molar refractivity (Wildman–Crippen MR) is 117 cm³/mol. The van der Waals surface area contributed by atoms with Gasteiger partial charge in [-0.25, -0.2) is 4.39 Å². The smallest absolute Gasteiger partial charge is 0.188 e. The van der Waals surface area contributed by atoms with E-state index in [2.05, 4.69) is 19.2 Å². The van der Waals surface area contributed by atoms with E-state index in [1.807, 2.05) is 19.2 Å². The molecule has 0 saturated heterocycles. The van der Waals surface area contributed by atoms with Crippen LogP contribution in [0.2, 0.25) is 0 Å². The Morgan fingerprint density at radius 2 is 1.86 bits per heavy atom. The molecule has 0 amide bonds. The number of methoxy groups -OCH3 is 3. The van der Waals surface area contributed by atoms with Crippen LogP contribution >= 0.6 is 8.58 Å². The van der Waals surface area contributed by atoms with Gasteiger partial charge in [-0.1, -0.05) is 28.5 Å². The van der Waals surface area contributed by atoms with Crippen molar-refractivity contribution in [2.24, 2.45) is 0 Å². The van der Waals surface area contributed by atoms with Gasteiger partial charge in [-0.15, -0.1) is 0 Å². The Kier molecular flexibility index (Phi) is 8.69. The molecule has 0 aliphatic rings. The highest BCUT2D eigenvalue weighted by molar-refractivity contribution is 7.48. The van der Waals surface area contributed by atoms with Crippen molar-refractivity contribution in [2.45, 2.75) is 32.0 Å². The van der Waals surface area contributed by atoms with Crippen LogP contribution in [0, 0.1) is 5.82 Å². The molecule has 0 aliphatic heterocycles. The molecule has 0 bridgehead atoms. The molecular weight excluding hydrogens is 392 g/mol. The second-order valence-electron chi connectivity index (χ2n) is 6.90. The quantitative estimate of drug-likeness (QED) is 0.434. The highest BCUT2D eigenvalue weighted by Crippen LogP contribution is 2.51. The SMILES string of the molecule is CCC(C)(Pc1ccc(F)cc1CNC)c1cc(OC)cc(OC)c1OCOC. The second kappa shape index (κ2) is 10.8. The summed E-state index contributed by atoms with van der Waals surface area (Å²) in [5, 5.41) is 3.97. The fourth-order valence-electron chi connectivity index (χ4n) is 3.19. The number of hydrogen-bond donors (Lipinski definition) is 1. The van der Waals surface area contributed by atoms with Gasteiger partial charge in [0.2, 0.25) is 0 Å². The fraction of sp³-hybridized carbons (Fsp3) is 0.455. The number of ether oxygens (including phenoxy) is 4. The first-order chi connectivity index (χ1) is 13.9. The Labute approximate surface area is 174 Å². The van der Waals surface area contributed by atoms with E-state index in [4.69, 9.17) is 18.9 Å². The molecule has 0 radical (unpaired) electrons. The van der Waals surface area contributed by atoms with E-state index in [0.717, 1.165) is 22.9 Å². The minimum Gasteiger partial charge on any atom is -0.497 e. The lowest BCUT2D eigenvalue weighted by Crippen LogP contribution is -2.23. The van der Waals surface area contributed by atoms with Crippen LogP contribution in [0.3, 0.4) is 0 Å². The van der Waals surface area contributed by atoms with E-state index in [-0.39, 0.29) is 17.8 Å². The van der Waals surface area contributed by atoms with Crippen molar-refractivity contribution in [1.82, 2.24) is 5.32 Å². The zero-order valence-electron chi connectivity index (χ0n) is 18.0. The Morgan fingerprint density at radius 1 is 1.10 bits per heavy atom. The van der Waals surface area contributed by atoms with Crippen LogP contribution in [0.15, 0.2) is 30.3 Å². The Hall–Kier alpha value is -1.88. The third-order valence-corrected chi connectivity index (χ3v) is 6.88. The van der Waals surface area contributed by atoms with Crippen LogP contribution in [0.5, 0.6) is 17.2 Å². The molecule has 2 atom stereocenters. The van der Waals surface area contributed by atoms with Gasteiger partial charge in [-0.2, -0.15) is 0 Å². The summed E-state index contributed by atoms with van der Waals surface area (Å²) in [6.45, 7) is 5.04. The van der Waals surface area contributed by atoms with E-state index in [1.165, 1.54) is 6.07 Å². The molecule has 0 aromatic heterocycles. The van der Waals surface area contributed by atoms with Crippen LogP contribution in [0.25, 0.3) is 0 Å². The van der Waals surface area contributed by atoms with Crippen molar-refractivity contribution in [3.05, 3.63) is 47.3 Å². The molecule has 2 aromatic rings. The van der Waals surface area contributed by atoms with Crippen molar-refractivity contribution in [2.75, 3.05) is 35.2 Å². The Balaban J connectivity index is 2.59. The van der Waals surface area contributed by atoms with Gasteiger partial charge in [0.15, 0.2) is 18.3 Å². The minimum atomic E-state index is -0.273. The molecule has 0 spiro atoms. The first-order valence-corrected chi connectivity index (χ1v) is 10.5. The van der Waals surface area contributed by atoms with E-state index >= 15 is 0 Å². The van der Waals surface area contributed by atoms with Crippen LogP contribution in [-0.2, 0) is 16.4 Å². The van der Waals surface area contributed by atoms with Gasteiger partial charge in [0.05, 0.1) is 14.2 Å². The van der Waals surface area contributed by atoms with Crippen molar-refractivity contribution < 1.29 is 23.3 Å². The first-order valence-electron chi connectivity index (χ1n) is 9.51. The average Bonchev–Trinajstić information content (AvgIpc) is 2.73. The van der Waals surface area contributed by atoms with Gasteiger partial charge >= 0.3 is 0 Å². The number of nitrogens with one attached hydrogen (secondary N) is 1. The topological polar surface area (TPSA) is 49.0 Å². The maximum absolute atomic E-state index is 13.8. The van der Waals surface area contributed by atoms with Crippen LogP contribution in [-0.4, -0.2) is 35.2 Å². The van der Waals surface area contributed by atoms with E-state index in [9.17, 15) is 4.39 Å². The summed E-state index contributed by atoms with van der Waals surface area (Å²) in [5.74, 6) is 1.70. The molecule has 0 aliphatic carbocycles. The number of halogens is 1. The molecule has 160 valence electrons. The third kappa shape index (κ3) is 5.59. The van der Waals surface area contributed by atoms with Crippen molar-refractivity contribution in [3.63, 3.8) is 0 Å². The Morgan fingerprint density at radius 3 is 2.45 bits per heavy atom. The largest absolute Gasteiger partial charge is 0.497 e. The van der Waals surface area contributed by atoms with Gasteiger partial charge in [0.1, 0.15) is 11.6 Å². The number of benzene rings is 2. The molecule has 1 N–H and O–H groups in total. The van der Waals surface area contributed by atoms with Gasteiger partial charge in [-0.3, -0.25) is 0 Å². The van der Waals surface area contributed by atoms with E-state index < -0.39 is 0 Å². The highest BCUT2D eigenvalue weighted by Gasteiger charge is 2.32. The lowest BCUT2D eigenvalue weighted by atomic mass is 9.95. The zero-order valence-corrected chi connectivity index (χ0v) is 19.0. The summed E-state index contributed by atoms with van der Waals surface area (Å²) >= 11 is 0. The molecule has 7 heteroatoms. The van der Waals surface area contributed by atoms with Crippen LogP contribution < -0.4 is 24.8 Å². The monoisotopic (exact) mass is 423 g/mol. The van der Waals surface area contributed by atoms with Gasteiger partial charge in [0.25, 0.3) is 0 Å². The normalized spacial score (nSPS) is 13.5. The molecule has 0 saturated carbocycles. The summed E-state index contributed by atoms with van der Waals surface area (Å²) in [6, 6.07) is 8.79. The molecule has 0 heterocycles. The van der Waals surface area contributed by atoms with Gasteiger partial charge in [0, 0.05) is 30.4 Å².